The monoisotopic (exact) mass is 271 g/mol. The molecular formula is C13H16F3N3. The molecule has 2 rings (SSSR count). The van der Waals surface area contributed by atoms with E-state index in [-0.39, 0.29) is 6.54 Å². The average Bonchev–Trinajstić information content (AvgIpc) is 2.38. The van der Waals surface area contributed by atoms with Crippen LogP contribution in [0.3, 0.4) is 0 Å². The first-order valence-electron chi connectivity index (χ1n) is 6.09. The van der Waals surface area contributed by atoms with Crippen LogP contribution in [0, 0.1) is 0 Å². The minimum Gasteiger partial charge on any atom is -0.352 e. The van der Waals surface area contributed by atoms with E-state index >= 15 is 0 Å². The van der Waals surface area contributed by atoms with Gasteiger partial charge in [0.25, 0.3) is 0 Å². The zero-order valence-corrected chi connectivity index (χ0v) is 10.7. The zero-order valence-electron chi connectivity index (χ0n) is 10.7. The molecule has 3 nitrogen and oxygen atoms in total. The Morgan fingerprint density at radius 1 is 1.37 bits per heavy atom. The third-order valence-corrected chi connectivity index (χ3v) is 3.20. The highest BCUT2D eigenvalue weighted by Gasteiger charge is 2.33. The van der Waals surface area contributed by atoms with Crippen LogP contribution in [0.5, 0.6) is 0 Å². The summed E-state index contributed by atoms with van der Waals surface area (Å²) >= 11 is 0. The molecule has 6 heteroatoms. The van der Waals surface area contributed by atoms with Crippen molar-refractivity contribution in [2.24, 2.45) is 5.73 Å². The fraction of sp³-hybridized carbons (Fsp3) is 0.462. The number of aromatic nitrogens is 1. The van der Waals surface area contributed by atoms with Crippen molar-refractivity contribution in [1.82, 2.24) is 4.98 Å². The van der Waals surface area contributed by atoms with Gasteiger partial charge in [-0.05, 0) is 19.4 Å². The normalized spacial score (nSPS) is 16.5. The molecule has 2 N–H and O–H groups in total. The van der Waals surface area contributed by atoms with Crippen molar-refractivity contribution in [3.63, 3.8) is 0 Å². The maximum absolute atomic E-state index is 12.7. The molecule has 0 saturated carbocycles. The van der Waals surface area contributed by atoms with Crippen LogP contribution in [0.2, 0.25) is 0 Å². The van der Waals surface area contributed by atoms with Crippen molar-refractivity contribution in [2.45, 2.75) is 26.1 Å². The minimum atomic E-state index is -4.43. The quantitative estimate of drug-likeness (QED) is 0.841. The summed E-state index contributed by atoms with van der Waals surface area (Å²) in [5.41, 5.74) is 6.60. The molecule has 104 valence electrons. The van der Waals surface area contributed by atoms with Crippen molar-refractivity contribution >= 4 is 5.82 Å². The molecule has 0 spiro atoms. The lowest BCUT2D eigenvalue weighted by Gasteiger charge is -2.28. The zero-order chi connectivity index (χ0) is 14.0. The molecule has 0 saturated heterocycles. The SMILES string of the molecule is CC1=CCN(c2nc(C(F)(F)F)ccc2CN)CC1. The lowest BCUT2D eigenvalue weighted by molar-refractivity contribution is -0.141. The van der Waals surface area contributed by atoms with Crippen molar-refractivity contribution in [2.75, 3.05) is 18.0 Å². The number of nitrogens with two attached hydrogens (primary N) is 1. The second kappa shape index (κ2) is 5.21. The van der Waals surface area contributed by atoms with Crippen LogP contribution in [0.1, 0.15) is 24.6 Å². The molecule has 2 heterocycles. The molecule has 1 aromatic rings. The van der Waals surface area contributed by atoms with Gasteiger partial charge in [-0.1, -0.05) is 17.7 Å². The van der Waals surface area contributed by atoms with E-state index in [1.807, 2.05) is 17.9 Å². The Bertz CT molecular complexity index is 494. The van der Waals surface area contributed by atoms with Gasteiger partial charge in [-0.15, -0.1) is 0 Å². The molecule has 0 bridgehead atoms. The van der Waals surface area contributed by atoms with Gasteiger partial charge in [0, 0.05) is 25.2 Å². The number of hydrogen-bond acceptors (Lipinski definition) is 3. The van der Waals surface area contributed by atoms with Gasteiger partial charge < -0.3 is 10.6 Å². The molecule has 1 aliphatic rings. The molecule has 0 unspecified atom stereocenters. The second-order valence-electron chi connectivity index (χ2n) is 4.63. The van der Waals surface area contributed by atoms with E-state index in [0.29, 0.717) is 24.5 Å². The van der Waals surface area contributed by atoms with Gasteiger partial charge in [0.1, 0.15) is 11.5 Å². The summed E-state index contributed by atoms with van der Waals surface area (Å²) in [5, 5.41) is 0. The Kier molecular flexibility index (Phi) is 3.80. The maximum Gasteiger partial charge on any atom is 0.433 e. The van der Waals surface area contributed by atoms with Crippen LogP contribution in [0.25, 0.3) is 0 Å². The third kappa shape index (κ3) is 3.07. The van der Waals surface area contributed by atoms with Gasteiger partial charge >= 0.3 is 6.18 Å². The first-order chi connectivity index (χ1) is 8.91. The Labute approximate surface area is 109 Å². The molecule has 1 aliphatic heterocycles. The molecule has 0 aliphatic carbocycles. The minimum absolute atomic E-state index is 0.180. The van der Waals surface area contributed by atoms with E-state index in [0.717, 1.165) is 12.5 Å². The van der Waals surface area contributed by atoms with Crippen molar-refractivity contribution < 1.29 is 13.2 Å². The summed E-state index contributed by atoms with van der Waals surface area (Å²) < 4.78 is 38.1. The van der Waals surface area contributed by atoms with E-state index in [4.69, 9.17) is 5.73 Å². The Morgan fingerprint density at radius 2 is 2.11 bits per heavy atom. The van der Waals surface area contributed by atoms with Crippen LogP contribution >= 0.6 is 0 Å². The van der Waals surface area contributed by atoms with E-state index in [1.54, 1.807) is 0 Å². The topological polar surface area (TPSA) is 42.2 Å². The van der Waals surface area contributed by atoms with Crippen LogP contribution in [-0.2, 0) is 12.7 Å². The van der Waals surface area contributed by atoms with Gasteiger partial charge in [0.05, 0.1) is 0 Å². The molecule has 19 heavy (non-hydrogen) atoms. The van der Waals surface area contributed by atoms with Gasteiger partial charge in [-0.25, -0.2) is 4.98 Å². The second-order valence-corrected chi connectivity index (χ2v) is 4.63. The Morgan fingerprint density at radius 3 is 2.63 bits per heavy atom. The summed E-state index contributed by atoms with van der Waals surface area (Å²) in [6.07, 6.45) is -1.59. The van der Waals surface area contributed by atoms with E-state index < -0.39 is 11.9 Å². The molecule has 0 aromatic carbocycles. The number of pyridine rings is 1. The lowest BCUT2D eigenvalue weighted by atomic mass is 10.1. The molecule has 0 atom stereocenters. The standard InChI is InChI=1S/C13H16F3N3/c1-9-4-6-19(7-5-9)12-10(8-17)2-3-11(18-12)13(14,15)16/h2-4H,5-8,17H2,1H3. The summed E-state index contributed by atoms with van der Waals surface area (Å²) in [6, 6.07) is 2.40. The predicted molar refractivity (Wildman–Crippen MR) is 67.7 cm³/mol. The average molecular weight is 271 g/mol. The summed E-state index contributed by atoms with van der Waals surface area (Å²) in [7, 11) is 0. The first kappa shape index (κ1) is 13.9. The highest BCUT2D eigenvalue weighted by molar-refractivity contribution is 5.49. The number of anilines is 1. The summed E-state index contributed by atoms with van der Waals surface area (Å²) in [4.78, 5) is 5.59. The third-order valence-electron chi connectivity index (χ3n) is 3.20. The van der Waals surface area contributed by atoms with E-state index in [9.17, 15) is 13.2 Å². The largest absolute Gasteiger partial charge is 0.433 e. The molecular weight excluding hydrogens is 255 g/mol. The predicted octanol–water partition coefficient (Wildman–Crippen LogP) is 2.72. The van der Waals surface area contributed by atoms with E-state index in [1.165, 1.54) is 11.6 Å². The molecule has 0 fully saturated rings. The fourth-order valence-corrected chi connectivity index (χ4v) is 2.03. The summed E-state index contributed by atoms with van der Waals surface area (Å²) in [5.74, 6) is 0.348. The molecule has 1 aromatic heterocycles. The van der Waals surface area contributed by atoms with Crippen LogP contribution in [-0.4, -0.2) is 18.1 Å². The maximum atomic E-state index is 12.7. The highest BCUT2D eigenvalue weighted by Crippen LogP contribution is 2.31. The van der Waals surface area contributed by atoms with Crippen molar-refractivity contribution in [3.05, 3.63) is 35.0 Å². The fourth-order valence-electron chi connectivity index (χ4n) is 2.03. The van der Waals surface area contributed by atoms with E-state index in [2.05, 4.69) is 4.98 Å². The van der Waals surface area contributed by atoms with Crippen LogP contribution in [0.4, 0.5) is 19.0 Å². The van der Waals surface area contributed by atoms with Crippen molar-refractivity contribution in [3.8, 4) is 0 Å². The smallest absolute Gasteiger partial charge is 0.352 e. The lowest BCUT2D eigenvalue weighted by Crippen LogP contribution is -2.31. The van der Waals surface area contributed by atoms with Gasteiger partial charge in [0.15, 0.2) is 0 Å². The number of alkyl halides is 3. The van der Waals surface area contributed by atoms with Gasteiger partial charge in [-0.3, -0.25) is 0 Å². The van der Waals surface area contributed by atoms with Gasteiger partial charge in [0.2, 0.25) is 0 Å². The Balaban J connectivity index is 2.37. The molecule has 0 amide bonds. The van der Waals surface area contributed by atoms with Crippen molar-refractivity contribution in [1.29, 1.82) is 0 Å². The number of nitrogens with zero attached hydrogens (tertiary/aromatic N) is 2. The Hall–Kier alpha value is -1.56. The number of hydrogen-bond donors (Lipinski definition) is 1. The number of rotatable bonds is 2. The molecule has 0 radical (unpaired) electrons. The van der Waals surface area contributed by atoms with Gasteiger partial charge in [-0.2, -0.15) is 13.2 Å². The highest BCUT2D eigenvalue weighted by atomic mass is 19.4. The summed E-state index contributed by atoms with van der Waals surface area (Å²) in [6.45, 7) is 3.44. The first-order valence-corrected chi connectivity index (χ1v) is 6.09. The van der Waals surface area contributed by atoms with Crippen LogP contribution < -0.4 is 10.6 Å². The van der Waals surface area contributed by atoms with Crippen LogP contribution in [0.15, 0.2) is 23.8 Å². The number of halogens is 3.